The van der Waals surface area contributed by atoms with Crippen LogP contribution in [0.1, 0.15) is 92.9 Å². The molecule has 31 heavy (non-hydrogen) atoms. The Morgan fingerprint density at radius 1 is 0.871 bits per heavy atom. The third-order valence-electron chi connectivity index (χ3n) is 9.76. The van der Waals surface area contributed by atoms with Gasteiger partial charge < -0.3 is 9.47 Å². The number of carbonyl (C=O) groups is 3. The minimum atomic E-state index is -0.972. The van der Waals surface area contributed by atoms with Gasteiger partial charge >= 0.3 is 11.9 Å². The number of ketones is 1. The van der Waals surface area contributed by atoms with E-state index in [0.29, 0.717) is 24.2 Å². The van der Waals surface area contributed by atoms with Crippen molar-refractivity contribution < 1.29 is 23.9 Å². The van der Waals surface area contributed by atoms with E-state index in [4.69, 9.17) is 9.47 Å². The molecule has 7 atom stereocenters. The van der Waals surface area contributed by atoms with Gasteiger partial charge in [-0.1, -0.05) is 25.0 Å². The third-order valence-corrected chi connectivity index (χ3v) is 9.76. The molecule has 0 aromatic carbocycles. The molecular formula is C26H38O5. The summed E-state index contributed by atoms with van der Waals surface area (Å²) in [6.07, 6.45) is 7.43. The molecule has 0 aromatic heterocycles. The highest BCUT2D eigenvalue weighted by Crippen LogP contribution is 2.68. The SMILES string of the molecule is CC(=O)O[C@@H]1CC[C@]2(C)C(=C(C)C[C@H]3[C@H]4CC[C@](OC(C)=O)(C(C)=O)[C@@]4(C)CC[C@@H]32)C1. The third kappa shape index (κ3) is 3.21. The second-order valence-corrected chi connectivity index (χ2v) is 11.2. The minimum Gasteiger partial charge on any atom is -0.462 e. The summed E-state index contributed by atoms with van der Waals surface area (Å²) in [5, 5.41) is 0. The molecule has 0 N–H and O–H groups in total. The van der Waals surface area contributed by atoms with Crippen LogP contribution in [0.25, 0.3) is 0 Å². The summed E-state index contributed by atoms with van der Waals surface area (Å²) < 4.78 is 11.5. The first-order valence-corrected chi connectivity index (χ1v) is 12.0. The summed E-state index contributed by atoms with van der Waals surface area (Å²) in [6, 6.07) is 0. The highest BCUT2D eigenvalue weighted by molar-refractivity contribution is 5.89. The average Bonchev–Trinajstić information content (AvgIpc) is 2.96. The maximum absolute atomic E-state index is 12.9. The molecule has 4 aliphatic carbocycles. The Morgan fingerprint density at radius 3 is 2.16 bits per heavy atom. The van der Waals surface area contributed by atoms with Crippen molar-refractivity contribution in [3.8, 4) is 0 Å². The molecule has 4 aliphatic rings. The maximum atomic E-state index is 12.9. The zero-order valence-electron chi connectivity index (χ0n) is 20.0. The fraction of sp³-hybridized carbons (Fsp3) is 0.808. The molecule has 0 aliphatic heterocycles. The molecule has 0 unspecified atom stereocenters. The zero-order chi connectivity index (χ0) is 22.8. The predicted molar refractivity (Wildman–Crippen MR) is 117 cm³/mol. The lowest BCUT2D eigenvalue weighted by Gasteiger charge is -2.59. The van der Waals surface area contributed by atoms with Gasteiger partial charge in [-0.2, -0.15) is 0 Å². The van der Waals surface area contributed by atoms with Crippen LogP contribution in [0.3, 0.4) is 0 Å². The topological polar surface area (TPSA) is 69.7 Å². The van der Waals surface area contributed by atoms with E-state index in [9.17, 15) is 14.4 Å². The van der Waals surface area contributed by atoms with E-state index in [1.54, 1.807) is 6.92 Å². The summed E-state index contributed by atoms with van der Waals surface area (Å²) in [5.74, 6) is 0.928. The normalized spacial score (nSPS) is 44.1. The molecule has 0 saturated heterocycles. The number of hydrogen-bond donors (Lipinski definition) is 0. The molecule has 0 spiro atoms. The molecule has 3 fully saturated rings. The van der Waals surface area contributed by atoms with Crippen LogP contribution in [-0.4, -0.2) is 29.4 Å². The Kier molecular flexibility index (Phi) is 5.42. The van der Waals surface area contributed by atoms with Gasteiger partial charge in [-0.25, -0.2) is 0 Å². The molecule has 0 aromatic rings. The Labute approximate surface area is 186 Å². The van der Waals surface area contributed by atoms with Gasteiger partial charge in [0, 0.05) is 25.7 Å². The number of fused-ring (bicyclic) bond motifs is 5. The van der Waals surface area contributed by atoms with Crippen molar-refractivity contribution in [1.82, 2.24) is 0 Å². The van der Waals surface area contributed by atoms with Crippen LogP contribution in [0, 0.1) is 28.6 Å². The van der Waals surface area contributed by atoms with Crippen molar-refractivity contribution >= 4 is 17.7 Å². The summed E-state index contributed by atoms with van der Waals surface area (Å²) >= 11 is 0. The number of carbonyl (C=O) groups excluding carboxylic acids is 3. The highest BCUT2D eigenvalue weighted by atomic mass is 16.6. The summed E-state index contributed by atoms with van der Waals surface area (Å²) in [6.45, 7) is 11.4. The van der Waals surface area contributed by atoms with E-state index in [0.717, 1.165) is 44.9 Å². The molecule has 0 radical (unpaired) electrons. The minimum absolute atomic E-state index is 0.00161. The van der Waals surface area contributed by atoms with E-state index < -0.39 is 5.60 Å². The first-order chi connectivity index (χ1) is 14.4. The molecule has 172 valence electrons. The first kappa shape index (κ1) is 22.5. The number of hydrogen-bond acceptors (Lipinski definition) is 5. The maximum Gasteiger partial charge on any atom is 0.303 e. The van der Waals surface area contributed by atoms with Gasteiger partial charge in [0.05, 0.1) is 0 Å². The van der Waals surface area contributed by atoms with Crippen molar-refractivity contribution in [1.29, 1.82) is 0 Å². The molecule has 3 saturated carbocycles. The van der Waals surface area contributed by atoms with Gasteiger partial charge in [0.1, 0.15) is 6.10 Å². The van der Waals surface area contributed by atoms with E-state index in [1.165, 1.54) is 25.0 Å². The zero-order valence-corrected chi connectivity index (χ0v) is 20.0. The van der Waals surface area contributed by atoms with Crippen LogP contribution in [0.2, 0.25) is 0 Å². The highest BCUT2D eigenvalue weighted by Gasteiger charge is 2.67. The van der Waals surface area contributed by atoms with E-state index in [-0.39, 0.29) is 34.7 Å². The average molecular weight is 431 g/mol. The van der Waals surface area contributed by atoms with Gasteiger partial charge in [-0.05, 0) is 82.0 Å². The van der Waals surface area contributed by atoms with E-state index >= 15 is 0 Å². The lowest BCUT2D eigenvalue weighted by Crippen LogP contribution is -2.58. The lowest BCUT2D eigenvalue weighted by molar-refractivity contribution is -0.187. The number of ether oxygens (including phenoxy) is 2. The fourth-order valence-electron chi connectivity index (χ4n) is 8.48. The van der Waals surface area contributed by atoms with Crippen LogP contribution >= 0.6 is 0 Å². The van der Waals surface area contributed by atoms with Crippen molar-refractivity contribution in [2.45, 2.75) is 105 Å². The summed E-state index contributed by atoms with van der Waals surface area (Å²) in [4.78, 5) is 36.4. The number of esters is 2. The van der Waals surface area contributed by atoms with Gasteiger partial charge in [0.15, 0.2) is 11.4 Å². The Hall–Kier alpha value is -1.65. The second kappa shape index (κ2) is 7.45. The number of allylic oxidation sites excluding steroid dienone is 1. The van der Waals surface area contributed by atoms with Crippen LogP contribution < -0.4 is 0 Å². The van der Waals surface area contributed by atoms with Crippen LogP contribution in [0.4, 0.5) is 0 Å². The van der Waals surface area contributed by atoms with Crippen LogP contribution in [0.15, 0.2) is 11.1 Å². The standard InChI is InChI=1S/C26H38O5/c1-15-13-20-21(24(5)10-7-19(14-23(15)24)30-17(3)28)8-11-25(6)22(20)9-12-26(25,16(2)27)31-18(4)29/h19-22H,7-14H2,1-6H3/t19-,20-,21+,22-,24+,25+,26+/m1/s1. The molecule has 4 rings (SSSR count). The Bertz CT molecular complexity index is 843. The largest absolute Gasteiger partial charge is 0.462 e. The monoisotopic (exact) mass is 430 g/mol. The molecular weight excluding hydrogens is 392 g/mol. The van der Waals surface area contributed by atoms with Crippen LogP contribution in [0.5, 0.6) is 0 Å². The molecule has 0 heterocycles. The molecule has 5 nitrogen and oxygen atoms in total. The van der Waals surface area contributed by atoms with Crippen molar-refractivity contribution in [2.75, 3.05) is 0 Å². The smallest absolute Gasteiger partial charge is 0.303 e. The summed E-state index contributed by atoms with van der Waals surface area (Å²) in [7, 11) is 0. The van der Waals surface area contributed by atoms with Crippen LogP contribution in [-0.2, 0) is 23.9 Å². The number of rotatable bonds is 3. The van der Waals surface area contributed by atoms with Gasteiger partial charge in [0.2, 0.25) is 0 Å². The van der Waals surface area contributed by atoms with Gasteiger partial charge in [0.25, 0.3) is 0 Å². The number of Topliss-reactive ketones (excluding diaryl/α,β-unsaturated/α-hetero) is 1. The molecule has 0 amide bonds. The lowest BCUT2D eigenvalue weighted by atomic mass is 9.46. The van der Waals surface area contributed by atoms with Crippen molar-refractivity contribution in [3.63, 3.8) is 0 Å². The van der Waals surface area contributed by atoms with E-state index in [2.05, 4.69) is 20.8 Å². The van der Waals surface area contributed by atoms with Crippen molar-refractivity contribution in [3.05, 3.63) is 11.1 Å². The summed E-state index contributed by atoms with van der Waals surface area (Å²) in [5.41, 5.74) is 1.81. The molecule has 0 bridgehead atoms. The first-order valence-electron chi connectivity index (χ1n) is 12.0. The Balaban J connectivity index is 1.68. The molecule has 5 heteroatoms. The predicted octanol–water partition coefficient (Wildman–Crippen LogP) is 5.16. The second-order valence-electron chi connectivity index (χ2n) is 11.2. The van der Waals surface area contributed by atoms with Crippen molar-refractivity contribution in [2.24, 2.45) is 28.6 Å². The van der Waals surface area contributed by atoms with E-state index in [1.807, 2.05) is 0 Å². The van der Waals surface area contributed by atoms with Gasteiger partial charge in [-0.15, -0.1) is 0 Å². The quantitative estimate of drug-likeness (QED) is 0.457. The fourth-order valence-corrected chi connectivity index (χ4v) is 8.48. The Morgan fingerprint density at radius 2 is 1.55 bits per heavy atom. The van der Waals surface area contributed by atoms with Gasteiger partial charge in [-0.3, -0.25) is 14.4 Å².